The van der Waals surface area contributed by atoms with Crippen LogP contribution in [0, 0.1) is 7.14 Å². The number of carboxylic acid groups (broad SMARTS) is 1. The van der Waals surface area contributed by atoms with Crippen LogP contribution in [0.25, 0.3) is 0 Å². The van der Waals surface area contributed by atoms with Crippen LogP contribution in [-0.4, -0.2) is 16.4 Å². The van der Waals surface area contributed by atoms with E-state index in [2.05, 4.69) is 59.0 Å². The molecule has 0 spiro atoms. The molecule has 0 amide bonds. The summed E-state index contributed by atoms with van der Waals surface area (Å²) >= 11 is 4.35. The summed E-state index contributed by atoms with van der Waals surface area (Å²) in [5.41, 5.74) is 2.05. The van der Waals surface area contributed by atoms with Gasteiger partial charge in [-0.3, -0.25) is 0 Å². The molecular formula is C21H32I2O4. The molecule has 0 bridgehead atoms. The van der Waals surface area contributed by atoms with Crippen molar-refractivity contribution in [3.63, 3.8) is 0 Å². The van der Waals surface area contributed by atoms with Crippen molar-refractivity contribution in [2.75, 3.05) is 0 Å². The molecule has 0 aromatic heterocycles. The van der Waals surface area contributed by atoms with Gasteiger partial charge in [-0.15, -0.1) is 0 Å². The number of phenolic OH excluding ortho intramolecular Hbond substituents is 1. The second-order valence-electron chi connectivity index (χ2n) is 6.96. The third kappa shape index (κ3) is 8.33. The molecule has 0 aliphatic heterocycles. The van der Waals surface area contributed by atoms with E-state index in [1.165, 1.54) is 50.5 Å². The number of carbonyl (C=O) groups is 1. The maximum atomic E-state index is 11.0. The monoisotopic (exact) mass is 602 g/mol. The summed E-state index contributed by atoms with van der Waals surface area (Å²) in [5, 5.41) is 19.8. The number of hydrogen-bond donors (Lipinski definition) is 2. The average molecular weight is 602 g/mol. The Morgan fingerprint density at radius 2 is 1.30 bits per heavy atom. The number of hydrogen-bond acceptors (Lipinski definition) is 3. The van der Waals surface area contributed by atoms with Gasteiger partial charge >= 0.3 is 6.16 Å². The van der Waals surface area contributed by atoms with Gasteiger partial charge < -0.3 is 14.9 Å². The first-order valence-electron chi connectivity index (χ1n) is 10.1. The Hall–Kier alpha value is -0.250. The third-order valence-electron chi connectivity index (χ3n) is 4.77. The smallest absolute Gasteiger partial charge is 0.504 e. The van der Waals surface area contributed by atoms with E-state index in [0.29, 0.717) is 3.57 Å². The van der Waals surface area contributed by atoms with Crippen molar-refractivity contribution in [3.8, 4) is 11.5 Å². The van der Waals surface area contributed by atoms with Gasteiger partial charge in [0.15, 0.2) is 11.5 Å². The lowest BCUT2D eigenvalue weighted by Gasteiger charge is -2.18. The summed E-state index contributed by atoms with van der Waals surface area (Å²) in [6.07, 6.45) is 12.0. The maximum Gasteiger partial charge on any atom is 0.511 e. The molecule has 27 heavy (non-hydrogen) atoms. The number of phenols is 1. The molecule has 2 N–H and O–H groups in total. The molecule has 0 radical (unpaired) electrons. The first-order chi connectivity index (χ1) is 12.9. The van der Waals surface area contributed by atoms with E-state index < -0.39 is 6.16 Å². The van der Waals surface area contributed by atoms with E-state index >= 15 is 0 Å². The molecule has 0 aliphatic rings. The van der Waals surface area contributed by atoms with Crippen molar-refractivity contribution in [1.29, 1.82) is 0 Å². The van der Waals surface area contributed by atoms with Crippen LogP contribution in [0.15, 0.2) is 0 Å². The van der Waals surface area contributed by atoms with Crippen molar-refractivity contribution in [1.82, 2.24) is 0 Å². The Balaban J connectivity index is 3.02. The van der Waals surface area contributed by atoms with Crippen LogP contribution in [0.2, 0.25) is 0 Å². The van der Waals surface area contributed by atoms with Crippen LogP contribution < -0.4 is 4.74 Å². The summed E-state index contributed by atoms with van der Waals surface area (Å²) in [4.78, 5) is 11.0. The van der Waals surface area contributed by atoms with Gasteiger partial charge in [-0.2, -0.15) is 0 Å². The Bertz CT molecular complexity index is 603. The number of aromatic hydroxyl groups is 1. The summed E-state index contributed by atoms with van der Waals surface area (Å²) < 4.78 is 6.61. The summed E-state index contributed by atoms with van der Waals surface area (Å²) in [6.45, 7) is 4.40. The quantitative estimate of drug-likeness (QED) is 0.105. The maximum absolute atomic E-state index is 11.0. The molecule has 154 valence electrons. The number of halogens is 2. The highest BCUT2D eigenvalue weighted by atomic mass is 127. The van der Waals surface area contributed by atoms with Crippen molar-refractivity contribution >= 4 is 51.3 Å². The predicted molar refractivity (Wildman–Crippen MR) is 127 cm³/mol. The number of benzene rings is 1. The minimum Gasteiger partial charge on any atom is -0.504 e. The lowest BCUT2D eigenvalue weighted by molar-refractivity contribution is 0.142. The van der Waals surface area contributed by atoms with Gasteiger partial charge in [-0.05, 0) is 76.4 Å². The Kier molecular flexibility index (Phi) is 12.7. The predicted octanol–water partition coefficient (Wildman–Crippen LogP) is 7.68. The van der Waals surface area contributed by atoms with Crippen LogP contribution in [0.5, 0.6) is 11.5 Å². The minimum atomic E-state index is -1.39. The molecule has 1 aromatic rings. The third-order valence-corrected chi connectivity index (χ3v) is 8.02. The molecule has 1 rings (SSSR count). The molecule has 0 saturated carbocycles. The van der Waals surface area contributed by atoms with E-state index in [-0.39, 0.29) is 11.5 Å². The number of unbranched alkanes of at least 4 members (excludes halogenated alkanes) is 8. The fourth-order valence-electron chi connectivity index (χ4n) is 3.27. The summed E-state index contributed by atoms with van der Waals surface area (Å²) in [5.74, 6) is 0.104. The fraction of sp³-hybridized carbons (Fsp3) is 0.667. The van der Waals surface area contributed by atoms with E-state index in [0.717, 1.165) is 41.2 Å². The zero-order valence-electron chi connectivity index (χ0n) is 16.5. The molecule has 0 aliphatic carbocycles. The molecule has 0 atom stereocenters. The van der Waals surface area contributed by atoms with Crippen molar-refractivity contribution in [2.45, 2.75) is 90.9 Å². The summed E-state index contributed by atoms with van der Waals surface area (Å²) in [7, 11) is 0. The lowest BCUT2D eigenvalue weighted by atomic mass is 9.95. The van der Waals surface area contributed by atoms with Gasteiger partial charge in [0.1, 0.15) is 0 Å². The number of ether oxygens (including phenoxy) is 1. The zero-order chi connectivity index (χ0) is 20.2. The van der Waals surface area contributed by atoms with E-state index in [4.69, 9.17) is 9.84 Å². The van der Waals surface area contributed by atoms with Crippen molar-refractivity contribution in [3.05, 3.63) is 18.3 Å². The largest absolute Gasteiger partial charge is 0.511 e. The van der Waals surface area contributed by atoms with Crippen LogP contribution in [0.1, 0.15) is 89.2 Å². The second kappa shape index (κ2) is 13.8. The van der Waals surface area contributed by atoms with Crippen LogP contribution in [-0.2, 0) is 12.8 Å². The molecule has 0 fully saturated rings. The van der Waals surface area contributed by atoms with Crippen molar-refractivity contribution < 1.29 is 19.7 Å². The number of rotatable bonds is 13. The van der Waals surface area contributed by atoms with Gasteiger partial charge in [-0.25, -0.2) is 4.79 Å². The van der Waals surface area contributed by atoms with E-state index in [1.54, 1.807) is 0 Å². The molecule has 0 saturated heterocycles. The van der Waals surface area contributed by atoms with E-state index in [9.17, 15) is 9.90 Å². The zero-order valence-corrected chi connectivity index (χ0v) is 20.8. The summed E-state index contributed by atoms with van der Waals surface area (Å²) in [6, 6.07) is 0. The fourth-order valence-corrected chi connectivity index (χ4v) is 4.80. The van der Waals surface area contributed by atoms with Gasteiger partial charge in [0.25, 0.3) is 0 Å². The van der Waals surface area contributed by atoms with Crippen LogP contribution >= 0.6 is 45.2 Å². The van der Waals surface area contributed by atoms with Gasteiger partial charge in [0.2, 0.25) is 0 Å². The van der Waals surface area contributed by atoms with Gasteiger partial charge in [-0.1, -0.05) is 65.2 Å². The highest BCUT2D eigenvalue weighted by Crippen LogP contribution is 2.42. The lowest BCUT2D eigenvalue weighted by Crippen LogP contribution is -2.09. The molecule has 1 aromatic carbocycles. The highest BCUT2D eigenvalue weighted by Gasteiger charge is 2.23. The first kappa shape index (κ1) is 24.8. The van der Waals surface area contributed by atoms with Crippen LogP contribution in [0.3, 0.4) is 0 Å². The SMILES string of the molecule is CCCCCCCc1c(O)c(OC(=O)O)c(I)c(I)c1CCCCCCC. The first-order valence-corrected chi connectivity index (χ1v) is 12.2. The van der Waals surface area contributed by atoms with E-state index in [1.807, 2.05) is 0 Å². The highest BCUT2D eigenvalue weighted by molar-refractivity contribution is 14.1. The topological polar surface area (TPSA) is 66.8 Å². The normalized spacial score (nSPS) is 11.0. The standard InChI is InChI=1S/C21H32I2O4/c1-3-5-7-9-11-13-15-16(14-12-10-8-6-4-2)19(24)20(27-21(25)26)18(23)17(15)22/h24H,3-14H2,1-2H3,(H,25,26). The molecule has 4 nitrogen and oxygen atoms in total. The molecule has 0 heterocycles. The van der Waals surface area contributed by atoms with Crippen molar-refractivity contribution in [2.24, 2.45) is 0 Å². The molecule has 0 unspecified atom stereocenters. The second-order valence-corrected chi connectivity index (χ2v) is 9.12. The van der Waals surface area contributed by atoms with Crippen LogP contribution in [0.4, 0.5) is 4.79 Å². The van der Waals surface area contributed by atoms with Gasteiger partial charge in [0, 0.05) is 9.13 Å². The Morgan fingerprint density at radius 3 is 1.78 bits per heavy atom. The Morgan fingerprint density at radius 1 is 0.815 bits per heavy atom. The molecule has 6 heteroatoms. The van der Waals surface area contributed by atoms with Gasteiger partial charge in [0.05, 0.1) is 3.57 Å². The average Bonchev–Trinajstić information content (AvgIpc) is 2.64. The molecular weight excluding hydrogens is 570 g/mol. The Labute approximate surface area is 190 Å². The minimum absolute atomic E-state index is 0.0151.